The van der Waals surface area contributed by atoms with E-state index in [1.165, 1.54) is 25.7 Å². The Kier molecular flexibility index (Phi) is 19.2. The SMILES string of the molecule is CC.CCCCCCCCCC(=O)N[C@@H](Cc1c[nH]c2ccccc12)C(=O)N[C@@H](C=O)CC(N)=O.COc1c(F)c(F)c(F)c(F)c1F. The Labute approximate surface area is 277 Å². The summed E-state index contributed by atoms with van der Waals surface area (Å²) >= 11 is 0. The summed E-state index contributed by atoms with van der Waals surface area (Å²) in [6.07, 6.45) is 10.3. The number of amides is 3. The van der Waals surface area contributed by atoms with Crippen molar-refractivity contribution in [2.45, 2.75) is 97.1 Å². The van der Waals surface area contributed by atoms with Crippen molar-refractivity contribution < 1.29 is 45.9 Å². The van der Waals surface area contributed by atoms with Crippen LogP contribution >= 0.6 is 0 Å². The van der Waals surface area contributed by atoms with Gasteiger partial charge in [0.1, 0.15) is 12.3 Å². The Balaban J connectivity index is 0.000000638. The van der Waals surface area contributed by atoms with E-state index in [4.69, 9.17) is 5.73 Å². The van der Waals surface area contributed by atoms with Gasteiger partial charge in [0.15, 0.2) is 5.75 Å². The molecule has 0 spiro atoms. The molecule has 0 fully saturated rings. The number of hydrogen-bond acceptors (Lipinski definition) is 5. The number of methoxy groups -OCH3 is 1. The van der Waals surface area contributed by atoms with Crippen molar-refractivity contribution in [3.63, 3.8) is 0 Å². The second kappa shape index (κ2) is 22.1. The molecule has 0 unspecified atom stereocenters. The topological polar surface area (TPSA) is 143 Å². The largest absolute Gasteiger partial charge is 0.491 e. The number of nitrogens with one attached hydrogen (secondary N) is 3. The van der Waals surface area contributed by atoms with Gasteiger partial charge < -0.3 is 30.9 Å². The van der Waals surface area contributed by atoms with Gasteiger partial charge in [0.2, 0.25) is 46.8 Å². The van der Waals surface area contributed by atoms with E-state index in [0.717, 1.165) is 42.8 Å². The Hall–Kier alpha value is -4.49. The molecule has 0 saturated heterocycles. The number of aromatic nitrogens is 1. The molecule has 0 bridgehead atoms. The number of carbonyl (C=O) groups excluding carboxylic acids is 4. The van der Waals surface area contributed by atoms with Crippen LogP contribution in [0.25, 0.3) is 10.9 Å². The highest BCUT2D eigenvalue weighted by molar-refractivity contribution is 5.91. The number of fused-ring (bicyclic) bond motifs is 1. The van der Waals surface area contributed by atoms with Crippen LogP contribution < -0.4 is 21.1 Å². The lowest BCUT2D eigenvalue weighted by atomic mass is 10.0. The van der Waals surface area contributed by atoms with E-state index in [1.54, 1.807) is 0 Å². The van der Waals surface area contributed by atoms with Crippen LogP contribution in [0.1, 0.15) is 84.1 Å². The van der Waals surface area contributed by atoms with Crippen molar-refractivity contribution in [2.24, 2.45) is 5.73 Å². The first-order chi connectivity index (χ1) is 22.9. The highest BCUT2D eigenvalue weighted by atomic mass is 19.2. The summed E-state index contributed by atoms with van der Waals surface area (Å²) in [6.45, 7) is 6.18. The lowest BCUT2D eigenvalue weighted by molar-refractivity contribution is -0.130. The monoisotopic (exact) mass is 684 g/mol. The molecule has 1 aromatic heterocycles. The van der Waals surface area contributed by atoms with E-state index in [0.29, 0.717) is 12.7 Å². The average Bonchev–Trinajstić information content (AvgIpc) is 3.49. The molecule has 48 heavy (non-hydrogen) atoms. The van der Waals surface area contributed by atoms with Gasteiger partial charge in [0.05, 0.1) is 19.6 Å². The summed E-state index contributed by atoms with van der Waals surface area (Å²) in [4.78, 5) is 51.1. The third-order valence-corrected chi connectivity index (χ3v) is 7.04. The van der Waals surface area contributed by atoms with Crippen LogP contribution in [0.3, 0.4) is 0 Å². The average molecular weight is 685 g/mol. The number of benzene rings is 2. The Bertz CT molecular complexity index is 1450. The number of ether oxygens (including phenoxy) is 1. The van der Waals surface area contributed by atoms with Gasteiger partial charge in [0, 0.05) is 29.9 Å². The van der Waals surface area contributed by atoms with Gasteiger partial charge in [-0.05, 0) is 18.1 Å². The van der Waals surface area contributed by atoms with Gasteiger partial charge in [-0.1, -0.05) is 77.5 Å². The highest BCUT2D eigenvalue weighted by Crippen LogP contribution is 2.28. The zero-order chi connectivity index (χ0) is 36.2. The molecule has 14 heteroatoms. The number of unbranched alkanes of at least 4 members (excludes halogenated alkanes) is 6. The quantitative estimate of drug-likeness (QED) is 0.0433. The molecule has 3 amide bonds. The van der Waals surface area contributed by atoms with Gasteiger partial charge >= 0.3 is 0 Å². The number of nitrogens with two attached hydrogens (primary N) is 1. The molecule has 3 aromatic rings. The van der Waals surface area contributed by atoms with Crippen LogP contribution in [0.2, 0.25) is 0 Å². The number of aldehydes is 1. The van der Waals surface area contributed by atoms with E-state index >= 15 is 0 Å². The summed E-state index contributed by atoms with van der Waals surface area (Å²) in [5, 5.41) is 6.30. The number of halogens is 5. The molecule has 5 N–H and O–H groups in total. The minimum atomic E-state index is -2.20. The molecule has 0 saturated carbocycles. The van der Waals surface area contributed by atoms with Gasteiger partial charge in [-0.25, -0.2) is 13.2 Å². The van der Waals surface area contributed by atoms with Crippen molar-refractivity contribution in [3.05, 3.63) is 65.1 Å². The molecule has 1 heterocycles. The standard InChI is InChI=1S/C25H36N4O4.C7H3F5O.C2H6/c1-2-3-4-5-6-7-8-13-24(32)29-22(25(33)28-19(17-30)15-23(26)31)14-18-16-27-21-12-10-9-11-20(18)21;1-13-7-5(11)3(9)2(8)4(10)6(7)12;1-2/h9-12,16-17,19,22,27H,2-8,13-15H2,1H3,(H2,26,31)(H,28,33)(H,29,32);1H3;1-2H3/t19-,22+;;/m1../s1. The molecular weight excluding hydrogens is 639 g/mol. The number of para-hydroxylation sites is 1. The van der Waals surface area contributed by atoms with E-state index in [1.807, 2.05) is 44.3 Å². The van der Waals surface area contributed by atoms with Gasteiger partial charge in [-0.3, -0.25) is 14.4 Å². The number of rotatable bonds is 17. The third kappa shape index (κ3) is 13.0. The van der Waals surface area contributed by atoms with E-state index in [9.17, 15) is 41.1 Å². The summed E-state index contributed by atoms with van der Waals surface area (Å²) in [7, 11) is 0.804. The fourth-order valence-electron chi connectivity index (χ4n) is 4.64. The molecule has 0 aliphatic heterocycles. The Morgan fingerprint density at radius 2 is 1.44 bits per heavy atom. The number of carbonyl (C=O) groups is 4. The molecule has 2 aromatic carbocycles. The molecule has 0 radical (unpaired) electrons. The van der Waals surface area contributed by atoms with Crippen molar-refractivity contribution in [2.75, 3.05) is 7.11 Å². The fraction of sp³-hybridized carbons (Fsp3) is 0.471. The van der Waals surface area contributed by atoms with Gasteiger partial charge in [0.25, 0.3) is 0 Å². The van der Waals surface area contributed by atoms with E-state index in [-0.39, 0.29) is 18.7 Å². The van der Waals surface area contributed by atoms with Crippen LogP contribution in [0.15, 0.2) is 30.5 Å². The van der Waals surface area contributed by atoms with Gasteiger partial charge in [-0.2, -0.15) is 8.78 Å². The second-order valence-corrected chi connectivity index (χ2v) is 10.6. The molecular formula is C34H45F5N4O5. The van der Waals surface area contributed by atoms with Crippen LogP contribution in [0.4, 0.5) is 22.0 Å². The molecule has 266 valence electrons. The predicted molar refractivity (Wildman–Crippen MR) is 172 cm³/mol. The van der Waals surface area contributed by atoms with E-state index in [2.05, 4.69) is 27.3 Å². The van der Waals surface area contributed by atoms with Crippen molar-refractivity contribution >= 4 is 34.9 Å². The zero-order valence-corrected chi connectivity index (χ0v) is 27.7. The maximum Gasteiger partial charge on any atom is 0.243 e. The summed E-state index contributed by atoms with van der Waals surface area (Å²) in [6, 6.07) is 5.79. The summed E-state index contributed by atoms with van der Waals surface area (Å²) < 4.78 is 66.2. The number of primary amides is 1. The summed E-state index contributed by atoms with van der Waals surface area (Å²) in [5.41, 5.74) is 6.96. The number of hydrogen-bond donors (Lipinski definition) is 4. The van der Waals surface area contributed by atoms with E-state index < -0.39 is 58.7 Å². The first kappa shape index (κ1) is 41.5. The third-order valence-electron chi connectivity index (χ3n) is 7.04. The highest BCUT2D eigenvalue weighted by Gasteiger charge is 2.27. The lowest BCUT2D eigenvalue weighted by Gasteiger charge is -2.20. The Morgan fingerprint density at radius 1 is 0.875 bits per heavy atom. The first-order valence-electron chi connectivity index (χ1n) is 15.9. The molecule has 0 aliphatic carbocycles. The molecule has 3 rings (SSSR count). The number of aromatic amines is 1. The van der Waals surface area contributed by atoms with Crippen molar-refractivity contribution in [3.8, 4) is 5.75 Å². The minimum absolute atomic E-state index is 0.207. The fourth-order valence-corrected chi connectivity index (χ4v) is 4.64. The second-order valence-electron chi connectivity index (χ2n) is 10.6. The van der Waals surface area contributed by atoms with Crippen LogP contribution in [0, 0.1) is 29.1 Å². The smallest absolute Gasteiger partial charge is 0.243 e. The minimum Gasteiger partial charge on any atom is -0.491 e. The predicted octanol–water partition coefficient (Wildman–Crippen LogP) is 6.31. The molecule has 9 nitrogen and oxygen atoms in total. The zero-order valence-electron chi connectivity index (χ0n) is 27.7. The van der Waals surface area contributed by atoms with Crippen molar-refractivity contribution in [1.82, 2.24) is 15.6 Å². The molecule has 2 atom stereocenters. The maximum absolute atomic E-state index is 12.9. The van der Waals surface area contributed by atoms with Crippen LogP contribution in [0.5, 0.6) is 5.75 Å². The lowest BCUT2D eigenvalue weighted by Crippen LogP contribution is -2.51. The first-order valence-corrected chi connectivity index (χ1v) is 15.9. The van der Waals surface area contributed by atoms with Crippen LogP contribution in [-0.4, -0.2) is 48.2 Å². The van der Waals surface area contributed by atoms with Crippen LogP contribution in [-0.2, 0) is 25.6 Å². The maximum atomic E-state index is 12.9. The van der Waals surface area contributed by atoms with Gasteiger partial charge in [-0.15, -0.1) is 0 Å². The number of H-pyrrole nitrogens is 1. The molecule has 0 aliphatic rings. The van der Waals surface area contributed by atoms with Crippen molar-refractivity contribution in [1.29, 1.82) is 0 Å². The Morgan fingerprint density at radius 3 is 2.00 bits per heavy atom. The normalized spacial score (nSPS) is 11.7. The summed E-state index contributed by atoms with van der Waals surface area (Å²) in [5.74, 6) is -12.9.